The first-order chi connectivity index (χ1) is 9.78. The van der Waals surface area contributed by atoms with Gasteiger partial charge in [-0.05, 0) is 54.9 Å². The first kappa shape index (κ1) is 15.8. The third kappa shape index (κ3) is 3.96. The second-order valence-electron chi connectivity index (χ2n) is 7.23. The van der Waals surface area contributed by atoms with Gasteiger partial charge in [-0.1, -0.05) is 45.0 Å². The maximum absolute atomic E-state index is 12.5. The Morgan fingerprint density at radius 2 is 1.95 bits per heavy atom. The summed E-state index contributed by atoms with van der Waals surface area (Å²) >= 11 is 0. The summed E-state index contributed by atoms with van der Waals surface area (Å²) in [6, 6.07) is 6.81. The molecular formula is C19H27NO. The van der Waals surface area contributed by atoms with Crippen LogP contribution >= 0.6 is 0 Å². The van der Waals surface area contributed by atoms with E-state index in [0.29, 0.717) is 0 Å². The van der Waals surface area contributed by atoms with Crippen molar-refractivity contribution < 1.29 is 4.79 Å². The first-order valence-corrected chi connectivity index (χ1v) is 7.85. The molecule has 2 nitrogen and oxygen atoms in total. The second-order valence-corrected chi connectivity index (χ2v) is 7.23. The van der Waals surface area contributed by atoms with Crippen LogP contribution < -0.4 is 0 Å². The van der Waals surface area contributed by atoms with E-state index < -0.39 is 0 Å². The average Bonchev–Trinajstić information content (AvgIpc) is 2.87. The number of carbonyl (C=O) groups excluding carboxylic acids is 1. The lowest BCUT2D eigenvalue weighted by molar-refractivity contribution is -0.127. The smallest absolute Gasteiger partial charge is 0.246 e. The molecule has 1 atom stereocenters. The van der Waals surface area contributed by atoms with E-state index in [2.05, 4.69) is 52.8 Å². The van der Waals surface area contributed by atoms with Gasteiger partial charge < -0.3 is 4.90 Å². The van der Waals surface area contributed by atoms with Gasteiger partial charge in [0.1, 0.15) is 0 Å². The van der Waals surface area contributed by atoms with Gasteiger partial charge in [0.25, 0.3) is 0 Å². The number of rotatable bonds is 2. The summed E-state index contributed by atoms with van der Waals surface area (Å²) in [5, 5.41) is 0. The van der Waals surface area contributed by atoms with Crippen molar-refractivity contribution in [1.82, 2.24) is 4.90 Å². The Labute approximate surface area is 128 Å². The molecule has 0 aliphatic carbocycles. The summed E-state index contributed by atoms with van der Waals surface area (Å²) in [4.78, 5) is 14.5. The Hall–Kier alpha value is -1.57. The van der Waals surface area contributed by atoms with Crippen LogP contribution in [0.25, 0.3) is 0 Å². The summed E-state index contributed by atoms with van der Waals surface area (Å²) < 4.78 is 0. The topological polar surface area (TPSA) is 20.3 Å². The number of likely N-dealkylation sites (tertiary alicyclic amines) is 1. The van der Waals surface area contributed by atoms with E-state index >= 15 is 0 Å². The molecule has 0 aromatic heterocycles. The van der Waals surface area contributed by atoms with E-state index in [1.54, 1.807) is 6.08 Å². The molecule has 1 amide bonds. The molecule has 1 heterocycles. The molecule has 1 saturated heterocycles. The molecule has 2 heteroatoms. The van der Waals surface area contributed by atoms with Gasteiger partial charge in [-0.2, -0.15) is 0 Å². The van der Waals surface area contributed by atoms with Crippen molar-refractivity contribution in [1.29, 1.82) is 0 Å². The summed E-state index contributed by atoms with van der Waals surface area (Å²) in [5.41, 5.74) is 3.93. The fourth-order valence-electron chi connectivity index (χ4n) is 2.77. The van der Waals surface area contributed by atoms with Gasteiger partial charge >= 0.3 is 0 Å². The molecule has 0 spiro atoms. The largest absolute Gasteiger partial charge is 0.332 e. The average molecular weight is 285 g/mol. The Morgan fingerprint density at radius 1 is 1.24 bits per heavy atom. The summed E-state index contributed by atoms with van der Waals surface area (Å²) in [5.74, 6) is 0.144. The number of hydrogen-bond acceptors (Lipinski definition) is 1. The van der Waals surface area contributed by atoms with E-state index in [9.17, 15) is 4.79 Å². The van der Waals surface area contributed by atoms with Crippen LogP contribution in [-0.2, 0) is 4.79 Å². The molecule has 1 aromatic carbocycles. The van der Waals surface area contributed by atoms with Crippen molar-refractivity contribution in [2.24, 2.45) is 5.41 Å². The van der Waals surface area contributed by atoms with E-state index in [1.807, 2.05) is 11.0 Å². The zero-order valence-electron chi connectivity index (χ0n) is 13.9. The number of benzene rings is 1. The number of allylic oxidation sites excluding steroid dienone is 1. The summed E-state index contributed by atoms with van der Waals surface area (Å²) in [6.07, 6.45) is 5.91. The standard InChI is InChI=1S/C19H27NO/c1-14-8-9-16(13-15(14)2)17-7-6-12-20(17)18(21)10-11-19(3,4)5/h8-11,13,17H,6-7,12H2,1-5H3. The van der Waals surface area contributed by atoms with Gasteiger partial charge in [0.05, 0.1) is 6.04 Å². The SMILES string of the molecule is Cc1ccc(C2CCCN2C(=O)C=CC(C)(C)C)cc1C. The lowest BCUT2D eigenvalue weighted by atomic mass is 9.96. The number of hydrogen-bond donors (Lipinski definition) is 0. The molecule has 0 radical (unpaired) electrons. The van der Waals surface area contributed by atoms with E-state index in [4.69, 9.17) is 0 Å². The van der Waals surface area contributed by atoms with Crippen LogP contribution in [-0.4, -0.2) is 17.4 Å². The third-order valence-electron chi connectivity index (χ3n) is 4.18. The van der Waals surface area contributed by atoms with Crippen LogP contribution in [0.1, 0.15) is 56.3 Å². The summed E-state index contributed by atoms with van der Waals surface area (Å²) in [7, 11) is 0. The van der Waals surface area contributed by atoms with Crippen LogP contribution in [0, 0.1) is 19.3 Å². The van der Waals surface area contributed by atoms with Crippen molar-refractivity contribution in [3.05, 3.63) is 47.0 Å². The van der Waals surface area contributed by atoms with Crippen molar-refractivity contribution in [2.75, 3.05) is 6.54 Å². The normalized spacial score (nSPS) is 19.5. The highest BCUT2D eigenvalue weighted by Gasteiger charge is 2.29. The molecule has 1 aliphatic rings. The highest BCUT2D eigenvalue weighted by atomic mass is 16.2. The Balaban J connectivity index is 2.18. The fraction of sp³-hybridized carbons (Fsp3) is 0.526. The molecule has 0 saturated carbocycles. The number of nitrogens with zero attached hydrogens (tertiary/aromatic N) is 1. The molecule has 1 unspecified atom stereocenters. The number of amides is 1. The molecule has 1 fully saturated rings. The predicted octanol–water partition coefficient (Wildman–Crippen LogP) is 4.57. The monoisotopic (exact) mass is 285 g/mol. The van der Waals surface area contributed by atoms with E-state index in [1.165, 1.54) is 16.7 Å². The molecule has 1 aromatic rings. The van der Waals surface area contributed by atoms with E-state index in [-0.39, 0.29) is 17.4 Å². The molecule has 0 bridgehead atoms. The maximum Gasteiger partial charge on any atom is 0.246 e. The Morgan fingerprint density at radius 3 is 2.57 bits per heavy atom. The van der Waals surface area contributed by atoms with Gasteiger partial charge in [0, 0.05) is 6.54 Å². The van der Waals surface area contributed by atoms with Crippen LogP contribution in [0.2, 0.25) is 0 Å². The lowest BCUT2D eigenvalue weighted by Crippen LogP contribution is -2.29. The van der Waals surface area contributed by atoms with Crippen molar-refractivity contribution in [3.8, 4) is 0 Å². The van der Waals surface area contributed by atoms with Crippen LogP contribution in [0.15, 0.2) is 30.4 Å². The molecule has 2 rings (SSSR count). The quantitative estimate of drug-likeness (QED) is 0.729. The summed E-state index contributed by atoms with van der Waals surface area (Å²) in [6.45, 7) is 11.5. The van der Waals surface area contributed by atoms with E-state index in [0.717, 1.165) is 19.4 Å². The van der Waals surface area contributed by atoms with Crippen LogP contribution in [0.4, 0.5) is 0 Å². The minimum absolute atomic E-state index is 0.0470. The number of aryl methyl sites for hydroxylation is 2. The predicted molar refractivity (Wildman–Crippen MR) is 88.2 cm³/mol. The second kappa shape index (κ2) is 6.05. The van der Waals surface area contributed by atoms with Gasteiger partial charge in [-0.25, -0.2) is 0 Å². The first-order valence-electron chi connectivity index (χ1n) is 7.85. The highest BCUT2D eigenvalue weighted by Crippen LogP contribution is 2.33. The van der Waals surface area contributed by atoms with Crippen LogP contribution in [0.3, 0.4) is 0 Å². The molecular weight excluding hydrogens is 258 g/mol. The Kier molecular flexibility index (Phi) is 4.55. The molecule has 1 aliphatic heterocycles. The van der Waals surface area contributed by atoms with Crippen molar-refractivity contribution in [3.63, 3.8) is 0 Å². The van der Waals surface area contributed by atoms with Crippen molar-refractivity contribution >= 4 is 5.91 Å². The van der Waals surface area contributed by atoms with Gasteiger partial charge in [0.15, 0.2) is 0 Å². The Bertz CT molecular complexity index is 551. The highest BCUT2D eigenvalue weighted by molar-refractivity contribution is 5.88. The third-order valence-corrected chi connectivity index (χ3v) is 4.18. The molecule has 21 heavy (non-hydrogen) atoms. The lowest BCUT2D eigenvalue weighted by Gasteiger charge is -2.25. The van der Waals surface area contributed by atoms with Gasteiger partial charge in [0.2, 0.25) is 5.91 Å². The van der Waals surface area contributed by atoms with Gasteiger partial charge in [-0.3, -0.25) is 4.79 Å². The zero-order valence-corrected chi connectivity index (χ0v) is 13.9. The number of carbonyl (C=O) groups is 1. The van der Waals surface area contributed by atoms with Crippen molar-refractivity contribution in [2.45, 2.75) is 53.5 Å². The minimum Gasteiger partial charge on any atom is -0.332 e. The minimum atomic E-state index is 0.0470. The molecule has 0 N–H and O–H groups in total. The molecule has 114 valence electrons. The fourth-order valence-corrected chi connectivity index (χ4v) is 2.77. The van der Waals surface area contributed by atoms with Crippen LogP contribution in [0.5, 0.6) is 0 Å². The van der Waals surface area contributed by atoms with Gasteiger partial charge in [-0.15, -0.1) is 0 Å². The zero-order chi connectivity index (χ0) is 15.6. The maximum atomic E-state index is 12.5.